The number of rotatable bonds is 2. The molecule has 2 aromatic rings. The van der Waals surface area contributed by atoms with Gasteiger partial charge in [0.1, 0.15) is 5.75 Å². The highest BCUT2D eigenvalue weighted by atomic mass is 16.6. The first-order chi connectivity index (χ1) is 8.08. The maximum absolute atomic E-state index is 11.7. The fourth-order valence-corrected chi connectivity index (χ4v) is 1.28. The van der Waals surface area contributed by atoms with Crippen LogP contribution < -0.4 is 11.1 Å². The van der Waals surface area contributed by atoms with E-state index in [0.717, 1.165) is 0 Å². The molecule has 7 heteroatoms. The van der Waals surface area contributed by atoms with E-state index in [9.17, 15) is 9.90 Å². The van der Waals surface area contributed by atoms with Crippen molar-refractivity contribution in [3.05, 3.63) is 29.5 Å². The van der Waals surface area contributed by atoms with Gasteiger partial charge in [0.05, 0.1) is 0 Å². The lowest BCUT2D eigenvalue weighted by Crippen LogP contribution is -2.14. The van der Waals surface area contributed by atoms with E-state index in [2.05, 4.69) is 20.3 Å². The lowest BCUT2D eigenvalue weighted by atomic mass is 10.2. The van der Waals surface area contributed by atoms with Gasteiger partial charge in [0.2, 0.25) is 11.5 Å². The first kappa shape index (κ1) is 10.9. The Hall–Kier alpha value is -2.57. The number of aryl methyl sites for hydroxylation is 1. The highest BCUT2D eigenvalue weighted by Gasteiger charge is 2.16. The summed E-state index contributed by atoms with van der Waals surface area (Å²) in [5.74, 6) is -0.433. The number of amides is 1. The predicted molar refractivity (Wildman–Crippen MR) is 59.5 cm³/mol. The number of nitrogen functional groups attached to an aromatic ring is 1. The Labute approximate surface area is 96.2 Å². The molecule has 2 rings (SSSR count). The Morgan fingerprint density at radius 1 is 1.47 bits per heavy atom. The Morgan fingerprint density at radius 2 is 2.24 bits per heavy atom. The van der Waals surface area contributed by atoms with Gasteiger partial charge in [-0.25, -0.2) is 4.63 Å². The van der Waals surface area contributed by atoms with E-state index in [1.807, 2.05) is 0 Å². The van der Waals surface area contributed by atoms with Crippen molar-refractivity contribution in [2.45, 2.75) is 6.92 Å². The zero-order chi connectivity index (χ0) is 12.4. The molecule has 0 saturated carbocycles. The molecule has 1 aromatic heterocycles. The van der Waals surface area contributed by atoms with Crippen molar-refractivity contribution in [2.75, 3.05) is 11.1 Å². The van der Waals surface area contributed by atoms with E-state index in [-0.39, 0.29) is 17.3 Å². The number of hydrogen-bond donors (Lipinski definition) is 3. The summed E-state index contributed by atoms with van der Waals surface area (Å²) >= 11 is 0. The number of aromatic hydroxyl groups is 1. The molecule has 0 aliphatic carbocycles. The van der Waals surface area contributed by atoms with Crippen LogP contribution in [0.25, 0.3) is 0 Å². The molecule has 4 N–H and O–H groups in total. The maximum Gasteiger partial charge on any atom is 0.281 e. The van der Waals surface area contributed by atoms with Crippen LogP contribution in [0.3, 0.4) is 0 Å². The summed E-state index contributed by atoms with van der Waals surface area (Å²) in [6.45, 7) is 1.72. The van der Waals surface area contributed by atoms with Crippen LogP contribution in [0.2, 0.25) is 0 Å². The molecule has 0 unspecified atom stereocenters. The normalized spacial score (nSPS) is 10.2. The summed E-state index contributed by atoms with van der Waals surface area (Å²) in [5, 5.41) is 18.6. The molecular weight excluding hydrogens is 224 g/mol. The maximum atomic E-state index is 11.7. The van der Waals surface area contributed by atoms with Crippen LogP contribution in [0.1, 0.15) is 16.1 Å². The molecule has 0 aliphatic rings. The molecule has 0 aliphatic heterocycles. The second kappa shape index (κ2) is 4.12. The number of aromatic nitrogens is 2. The smallest absolute Gasteiger partial charge is 0.281 e. The van der Waals surface area contributed by atoms with Crippen LogP contribution >= 0.6 is 0 Å². The third-order valence-electron chi connectivity index (χ3n) is 2.18. The zero-order valence-corrected chi connectivity index (χ0v) is 8.97. The van der Waals surface area contributed by atoms with E-state index < -0.39 is 5.91 Å². The summed E-state index contributed by atoms with van der Waals surface area (Å²) in [6, 6.07) is 4.66. The molecule has 0 bridgehead atoms. The third kappa shape index (κ3) is 2.17. The van der Waals surface area contributed by atoms with Crippen LogP contribution in [-0.2, 0) is 0 Å². The SMILES string of the molecule is Cc1cc(NC(=O)c2nonc2N)ccc1O. The Balaban J connectivity index is 2.19. The molecule has 88 valence electrons. The molecule has 0 radical (unpaired) electrons. The van der Waals surface area contributed by atoms with Crippen LogP contribution in [0.5, 0.6) is 5.75 Å². The predicted octanol–water partition coefficient (Wildman–Crippen LogP) is 0.918. The van der Waals surface area contributed by atoms with Crippen molar-refractivity contribution in [1.29, 1.82) is 0 Å². The monoisotopic (exact) mass is 234 g/mol. The van der Waals surface area contributed by atoms with Gasteiger partial charge in [0.15, 0.2) is 0 Å². The minimum absolute atomic E-state index is 0.0713. The average Bonchev–Trinajstić information content (AvgIpc) is 2.70. The zero-order valence-electron chi connectivity index (χ0n) is 8.97. The van der Waals surface area contributed by atoms with Crippen molar-refractivity contribution < 1.29 is 14.5 Å². The second-order valence-corrected chi connectivity index (χ2v) is 3.45. The van der Waals surface area contributed by atoms with Gasteiger partial charge in [-0.15, -0.1) is 0 Å². The average molecular weight is 234 g/mol. The van der Waals surface area contributed by atoms with Crippen LogP contribution in [0.15, 0.2) is 22.8 Å². The van der Waals surface area contributed by atoms with Crippen molar-refractivity contribution >= 4 is 17.4 Å². The van der Waals surface area contributed by atoms with Crippen molar-refractivity contribution in [3.63, 3.8) is 0 Å². The molecule has 1 heterocycles. The molecule has 1 aromatic carbocycles. The lowest BCUT2D eigenvalue weighted by Gasteiger charge is -2.05. The largest absolute Gasteiger partial charge is 0.508 e. The van der Waals surface area contributed by atoms with Gasteiger partial charge < -0.3 is 16.2 Å². The summed E-state index contributed by atoms with van der Waals surface area (Å²) < 4.78 is 4.32. The highest BCUT2D eigenvalue weighted by Crippen LogP contribution is 2.20. The molecule has 1 amide bonds. The third-order valence-corrected chi connectivity index (χ3v) is 2.18. The molecule has 17 heavy (non-hydrogen) atoms. The van der Waals surface area contributed by atoms with Crippen LogP contribution in [0.4, 0.5) is 11.5 Å². The summed E-state index contributed by atoms with van der Waals surface area (Å²) in [5.41, 5.74) is 6.48. The van der Waals surface area contributed by atoms with E-state index in [1.165, 1.54) is 6.07 Å². The van der Waals surface area contributed by atoms with Gasteiger partial charge in [0.25, 0.3) is 5.91 Å². The van der Waals surface area contributed by atoms with Gasteiger partial charge in [-0.2, -0.15) is 0 Å². The number of nitrogens with two attached hydrogens (primary N) is 1. The van der Waals surface area contributed by atoms with Crippen molar-refractivity contribution in [2.24, 2.45) is 0 Å². The Bertz CT molecular complexity index is 564. The fraction of sp³-hybridized carbons (Fsp3) is 0.100. The van der Waals surface area contributed by atoms with Gasteiger partial charge in [-0.05, 0) is 41.0 Å². The van der Waals surface area contributed by atoms with Gasteiger partial charge >= 0.3 is 0 Å². The number of hydrogen-bond acceptors (Lipinski definition) is 6. The number of carbonyl (C=O) groups excluding carboxylic acids is 1. The standard InChI is InChI=1S/C10H10N4O3/c1-5-4-6(2-3-7(5)15)12-10(16)8-9(11)14-17-13-8/h2-4,15H,1H3,(H2,11,14)(H,12,16). The minimum Gasteiger partial charge on any atom is -0.508 e. The number of nitrogens with one attached hydrogen (secondary N) is 1. The number of nitrogens with zero attached hydrogens (tertiary/aromatic N) is 2. The van der Waals surface area contributed by atoms with E-state index in [1.54, 1.807) is 19.1 Å². The van der Waals surface area contributed by atoms with Crippen molar-refractivity contribution in [1.82, 2.24) is 10.3 Å². The minimum atomic E-state index is -0.520. The Kier molecular flexibility index (Phi) is 2.65. The first-order valence-electron chi connectivity index (χ1n) is 4.77. The highest BCUT2D eigenvalue weighted by molar-refractivity contribution is 6.05. The summed E-state index contributed by atoms with van der Waals surface area (Å²) in [7, 11) is 0. The topological polar surface area (TPSA) is 114 Å². The van der Waals surface area contributed by atoms with E-state index in [4.69, 9.17) is 5.73 Å². The van der Waals surface area contributed by atoms with Crippen LogP contribution in [0, 0.1) is 6.92 Å². The number of carbonyl (C=O) groups is 1. The van der Waals surface area contributed by atoms with E-state index >= 15 is 0 Å². The van der Waals surface area contributed by atoms with Crippen LogP contribution in [-0.4, -0.2) is 21.3 Å². The number of phenolic OH excluding ortho intramolecular Hbond substituents is 1. The number of benzene rings is 1. The van der Waals surface area contributed by atoms with Gasteiger partial charge in [-0.1, -0.05) is 0 Å². The lowest BCUT2D eigenvalue weighted by molar-refractivity contribution is 0.101. The molecule has 0 atom stereocenters. The summed E-state index contributed by atoms with van der Waals surface area (Å²) in [6.07, 6.45) is 0. The van der Waals surface area contributed by atoms with Gasteiger partial charge in [-0.3, -0.25) is 4.79 Å². The first-order valence-corrected chi connectivity index (χ1v) is 4.77. The fourth-order valence-electron chi connectivity index (χ4n) is 1.28. The molecule has 0 saturated heterocycles. The Morgan fingerprint density at radius 3 is 2.82 bits per heavy atom. The summed E-state index contributed by atoms with van der Waals surface area (Å²) in [4.78, 5) is 11.7. The molecule has 0 spiro atoms. The van der Waals surface area contributed by atoms with Gasteiger partial charge in [0, 0.05) is 5.69 Å². The molecule has 7 nitrogen and oxygen atoms in total. The van der Waals surface area contributed by atoms with E-state index in [0.29, 0.717) is 11.3 Å². The molecular formula is C10H10N4O3. The second-order valence-electron chi connectivity index (χ2n) is 3.45. The number of phenols is 1. The molecule has 0 fully saturated rings. The quantitative estimate of drug-likeness (QED) is 0.665. The number of anilines is 2. The van der Waals surface area contributed by atoms with Crippen molar-refractivity contribution in [3.8, 4) is 5.75 Å².